The number of fused-ring (bicyclic) bond motifs is 4. The Balaban J connectivity index is 1.55. The average Bonchev–Trinajstić information content (AvgIpc) is 3.21. The smallest absolute Gasteiger partial charge is 0.241 e. The monoisotopic (exact) mass is 488 g/mol. The van der Waals surface area contributed by atoms with Crippen molar-refractivity contribution in [2.24, 2.45) is 29.1 Å². The normalized spacial score (nSPS) is 33.4. The van der Waals surface area contributed by atoms with E-state index >= 15 is 0 Å². The van der Waals surface area contributed by atoms with Gasteiger partial charge in [0.05, 0.1) is 28.9 Å². The molecule has 6 rings (SSSR count). The van der Waals surface area contributed by atoms with E-state index < -0.39 is 46.6 Å². The van der Waals surface area contributed by atoms with Crippen molar-refractivity contribution in [3.63, 3.8) is 0 Å². The van der Waals surface area contributed by atoms with Gasteiger partial charge in [-0.3, -0.25) is 24.1 Å². The Hall–Kier alpha value is -3.81. The van der Waals surface area contributed by atoms with Gasteiger partial charge in [0.25, 0.3) is 0 Å². The van der Waals surface area contributed by atoms with Gasteiger partial charge in [-0.1, -0.05) is 35.9 Å². The minimum absolute atomic E-state index is 0.236. The lowest BCUT2D eigenvalue weighted by molar-refractivity contribution is -0.138. The van der Waals surface area contributed by atoms with E-state index in [0.29, 0.717) is 17.7 Å². The molecule has 0 bridgehead atoms. The predicted octanol–water partition coefficient (Wildman–Crippen LogP) is 3.39. The van der Waals surface area contributed by atoms with Gasteiger partial charge in [-0.05, 0) is 55.5 Å². The summed E-state index contributed by atoms with van der Waals surface area (Å²) in [5.74, 6) is -5.61. The van der Waals surface area contributed by atoms with E-state index in [1.807, 2.05) is 6.08 Å². The fraction of sp³-hybridized carbons (Fsp3) is 0.357. The first kappa shape index (κ1) is 22.6. The second kappa shape index (κ2) is 7.59. The summed E-state index contributed by atoms with van der Waals surface area (Å²) >= 11 is 0. The van der Waals surface area contributed by atoms with Gasteiger partial charge in [0.15, 0.2) is 11.6 Å². The average molecular weight is 489 g/mol. The van der Waals surface area contributed by atoms with Crippen LogP contribution in [-0.4, -0.2) is 40.7 Å². The van der Waals surface area contributed by atoms with Crippen molar-refractivity contribution in [1.29, 1.82) is 0 Å². The number of carbonyl (C=O) groups is 4. The lowest BCUT2D eigenvalue weighted by Gasteiger charge is -2.49. The molecule has 2 aliphatic carbocycles. The molecule has 7 nitrogen and oxygen atoms in total. The number of amides is 4. The van der Waals surface area contributed by atoms with Gasteiger partial charge in [0, 0.05) is 13.0 Å². The van der Waals surface area contributed by atoms with Crippen molar-refractivity contribution < 1.29 is 28.7 Å². The SMILES string of the molecule is CN1C(=O)[C@H]2[C@H](CC=C3[C@H]2C[C@H]2C(=O)N(c4ccccc4)C(=O)[C@@]2(C)[C@H]3c2ccc(O)c(F)c2)C1=O. The van der Waals surface area contributed by atoms with Gasteiger partial charge >= 0.3 is 0 Å². The maximum absolute atomic E-state index is 14.6. The molecular formula is C28H25FN2O5. The number of benzene rings is 2. The van der Waals surface area contributed by atoms with Crippen LogP contribution in [0.15, 0.2) is 60.2 Å². The number of anilines is 1. The van der Waals surface area contributed by atoms with Crippen LogP contribution in [0.3, 0.4) is 0 Å². The maximum Gasteiger partial charge on any atom is 0.241 e. The van der Waals surface area contributed by atoms with Gasteiger partial charge in [-0.2, -0.15) is 0 Å². The summed E-state index contributed by atoms with van der Waals surface area (Å²) in [4.78, 5) is 56.2. The Kier molecular flexibility index (Phi) is 4.78. The van der Waals surface area contributed by atoms with Crippen LogP contribution in [0.5, 0.6) is 5.75 Å². The third-order valence-electron chi connectivity index (χ3n) is 8.81. The first-order chi connectivity index (χ1) is 17.2. The first-order valence-electron chi connectivity index (χ1n) is 12.1. The van der Waals surface area contributed by atoms with E-state index in [1.165, 1.54) is 24.1 Å². The van der Waals surface area contributed by atoms with E-state index in [0.717, 1.165) is 10.5 Å². The van der Waals surface area contributed by atoms with Gasteiger partial charge in [0.1, 0.15) is 0 Å². The second-order valence-electron chi connectivity index (χ2n) is 10.4. The molecule has 36 heavy (non-hydrogen) atoms. The Bertz CT molecular complexity index is 1370. The van der Waals surface area contributed by atoms with E-state index in [-0.39, 0.29) is 30.0 Å². The summed E-state index contributed by atoms with van der Waals surface area (Å²) in [5, 5.41) is 9.82. The Morgan fingerprint density at radius 3 is 2.39 bits per heavy atom. The van der Waals surface area contributed by atoms with Gasteiger partial charge in [-0.15, -0.1) is 0 Å². The largest absolute Gasteiger partial charge is 0.505 e. The summed E-state index contributed by atoms with van der Waals surface area (Å²) in [7, 11) is 1.48. The fourth-order valence-electron chi connectivity index (χ4n) is 7.08. The summed E-state index contributed by atoms with van der Waals surface area (Å²) in [5.41, 5.74) is 0.463. The van der Waals surface area contributed by atoms with Crippen molar-refractivity contribution in [2.45, 2.75) is 25.7 Å². The first-order valence-corrected chi connectivity index (χ1v) is 12.1. The number of para-hydroxylation sites is 1. The van der Waals surface area contributed by atoms with Crippen LogP contribution < -0.4 is 4.90 Å². The second-order valence-corrected chi connectivity index (χ2v) is 10.4. The molecule has 4 amide bonds. The predicted molar refractivity (Wildman–Crippen MR) is 127 cm³/mol. The number of phenolic OH excluding ortho intramolecular Hbond substituents is 1. The van der Waals surface area contributed by atoms with Gasteiger partial charge < -0.3 is 5.11 Å². The minimum atomic E-state index is -1.23. The van der Waals surface area contributed by atoms with E-state index in [9.17, 15) is 28.7 Å². The van der Waals surface area contributed by atoms with Crippen LogP contribution in [0.25, 0.3) is 0 Å². The van der Waals surface area contributed by atoms with Crippen LogP contribution >= 0.6 is 0 Å². The maximum atomic E-state index is 14.6. The number of halogens is 1. The number of nitrogens with zero attached hydrogens (tertiary/aromatic N) is 2. The molecule has 0 radical (unpaired) electrons. The summed E-state index contributed by atoms with van der Waals surface area (Å²) in [6, 6.07) is 12.7. The molecule has 184 valence electrons. The Morgan fingerprint density at radius 2 is 1.69 bits per heavy atom. The number of allylic oxidation sites excluding steroid dienone is 2. The molecule has 2 aliphatic heterocycles. The molecule has 6 atom stereocenters. The number of hydrogen-bond donors (Lipinski definition) is 1. The van der Waals surface area contributed by atoms with Crippen LogP contribution in [-0.2, 0) is 19.2 Å². The zero-order valence-electron chi connectivity index (χ0n) is 19.8. The molecule has 1 saturated carbocycles. The molecular weight excluding hydrogens is 463 g/mol. The molecule has 4 aliphatic rings. The zero-order valence-corrected chi connectivity index (χ0v) is 19.8. The van der Waals surface area contributed by atoms with Crippen LogP contribution in [0.2, 0.25) is 0 Å². The molecule has 0 spiro atoms. The molecule has 2 saturated heterocycles. The minimum Gasteiger partial charge on any atom is -0.505 e. The third kappa shape index (κ3) is 2.78. The van der Waals surface area contributed by atoms with Crippen LogP contribution in [0.1, 0.15) is 31.2 Å². The summed E-state index contributed by atoms with van der Waals surface area (Å²) in [6.45, 7) is 1.74. The van der Waals surface area contributed by atoms with Crippen molar-refractivity contribution in [2.75, 3.05) is 11.9 Å². The van der Waals surface area contributed by atoms with Crippen LogP contribution in [0.4, 0.5) is 10.1 Å². The van der Waals surface area contributed by atoms with Crippen molar-refractivity contribution in [1.82, 2.24) is 4.90 Å². The number of aromatic hydroxyl groups is 1. The number of imide groups is 2. The number of hydrogen-bond acceptors (Lipinski definition) is 5. The molecule has 3 fully saturated rings. The fourth-order valence-corrected chi connectivity index (χ4v) is 7.08. The highest BCUT2D eigenvalue weighted by atomic mass is 19.1. The molecule has 0 unspecified atom stereocenters. The molecule has 2 aromatic rings. The third-order valence-corrected chi connectivity index (χ3v) is 8.81. The highest BCUT2D eigenvalue weighted by Crippen LogP contribution is 2.63. The molecule has 1 N–H and O–H groups in total. The van der Waals surface area contributed by atoms with E-state index in [2.05, 4.69) is 0 Å². The van der Waals surface area contributed by atoms with E-state index in [1.54, 1.807) is 43.3 Å². The molecule has 8 heteroatoms. The number of phenols is 1. The lowest BCUT2D eigenvalue weighted by Crippen LogP contribution is -2.48. The number of likely N-dealkylation sites (tertiary alicyclic amines) is 1. The quantitative estimate of drug-likeness (QED) is 0.517. The molecule has 2 aromatic carbocycles. The molecule has 2 heterocycles. The summed E-state index contributed by atoms with van der Waals surface area (Å²) < 4.78 is 14.6. The topological polar surface area (TPSA) is 95.0 Å². The van der Waals surface area contributed by atoms with Crippen molar-refractivity contribution in [3.05, 3.63) is 71.6 Å². The zero-order chi connectivity index (χ0) is 25.5. The van der Waals surface area contributed by atoms with Gasteiger partial charge in [-0.25, -0.2) is 9.29 Å². The number of carbonyl (C=O) groups excluding carboxylic acids is 4. The summed E-state index contributed by atoms with van der Waals surface area (Å²) in [6.07, 6.45) is 2.51. The van der Waals surface area contributed by atoms with Crippen molar-refractivity contribution in [3.8, 4) is 5.75 Å². The standard InChI is InChI=1S/C28H25FN2O5/c1-28-19(25(34)31(27(28)36)15-6-4-3-5-7-15)13-18-16(23(28)14-8-11-21(32)20(29)12-14)9-10-17-22(18)26(35)30(2)24(17)33/h3-9,11-12,17-19,22-23,32H,10,13H2,1-2H3/t17-,18+,19-,22-,23-,28+/m0/s1. The van der Waals surface area contributed by atoms with Crippen molar-refractivity contribution >= 4 is 29.3 Å². The lowest BCUT2D eigenvalue weighted by atomic mass is 9.51. The highest BCUT2D eigenvalue weighted by molar-refractivity contribution is 6.24. The Morgan fingerprint density at radius 1 is 0.972 bits per heavy atom. The number of rotatable bonds is 2. The van der Waals surface area contributed by atoms with Crippen LogP contribution in [0, 0.1) is 34.9 Å². The molecule has 0 aromatic heterocycles. The highest BCUT2D eigenvalue weighted by Gasteiger charge is 2.67. The van der Waals surface area contributed by atoms with E-state index in [4.69, 9.17) is 0 Å². The Labute approximate surface area is 207 Å². The van der Waals surface area contributed by atoms with Gasteiger partial charge in [0.2, 0.25) is 23.6 Å².